The molecule has 0 aliphatic carbocycles. The summed E-state index contributed by atoms with van der Waals surface area (Å²) in [6.45, 7) is -0.746. The molecule has 8 nitrogen and oxygen atoms in total. The lowest BCUT2D eigenvalue weighted by Crippen LogP contribution is -2.57. The summed E-state index contributed by atoms with van der Waals surface area (Å²) in [6.07, 6.45) is -6.50. The van der Waals surface area contributed by atoms with E-state index in [0.717, 1.165) is 0 Å². The van der Waals surface area contributed by atoms with Crippen LogP contribution in [0.5, 0.6) is 0 Å². The Labute approximate surface area is 84.5 Å². The molecular formula is C7H13NO7. The monoisotopic (exact) mass is 223 g/mol. The van der Waals surface area contributed by atoms with Crippen molar-refractivity contribution in [2.24, 2.45) is 5.73 Å². The van der Waals surface area contributed by atoms with Gasteiger partial charge in [0.2, 0.25) is 5.72 Å². The number of aliphatic hydroxyl groups is 4. The van der Waals surface area contributed by atoms with Crippen molar-refractivity contribution < 1.29 is 35.1 Å². The van der Waals surface area contributed by atoms with E-state index in [1.54, 1.807) is 0 Å². The number of aliphatic carboxylic acids is 1. The molecule has 0 amide bonds. The topological polar surface area (TPSA) is 153 Å². The normalized spacial score (nSPS) is 42.9. The third-order valence-electron chi connectivity index (χ3n) is 2.33. The van der Waals surface area contributed by atoms with E-state index in [0.29, 0.717) is 0 Å². The first-order chi connectivity index (χ1) is 6.84. The van der Waals surface area contributed by atoms with Crippen molar-refractivity contribution in [1.29, 1.82) is 0 Å². The molecule has 1 unspecified atom stereocenters. The lowest BCUT2D eigenvalue weighted by Gasteiger charge is -2.22. The van der Waals surface area contributed by atoms with Gasteiger partial charge in [0.25, 0.3) is 0 Å². The van der Waals surface area contributed by atoms with Crippen LogP contribution in [-0.2, 0) is 9.53 Å². The summed E-state index contributed by atoms with van der Waals surface area (Å²) in [5, 5.41) is 45.1. The molecule has 0 saturated carbocycles. The first-order valence-electron chi connectivity index (χ1n) is 4.19. The van der Waals surface area contributed by atoms with Crippen LogP contribution in [0, 0.1) is 0 Å². The van der Waals surface area contributed by atoms with Gasteiger partial charge in [-0.05, 0) is 0 Å². The molecule has 0 aromatic rings. The maximum atomic E-state index is 10.7. The van der Waals surface area contributed by atoms with Crippen LogP contribution in [0.3, 0.4) is 0 Å². The average molecular weight is 223 g/mol. The predicted molar refractivity (Wildman–Crippen MR) is 44.5 cm³/mol. The van der Waals surface area contributed by atoms with Crippen LogP contribution in [0.25, 0.3) is 0 Å². The number of nitrogens with two attached hydrogens (primary N) is 1. The molecule has 1 fully saturated rings. The number of carboxylic acid groups (broad SMARTS) is 1. The highest BCUT2D eigenvalue weighted by atomic mass is 16.6. The molecule has 15 heavy (non-hydrogen) atoms. The van der Waals surface area contributed by atoms with Crippen molar-refractivity contribution >= 4 is 5.97 Å². The highest BCUT2D eigenvalue weighted by Gasteiger charge is 2.58. The van der Waals surface area contributed by atoms with Gasteiger partial charge in [0, 0.05) is 0 Å². The molecular weight excluding hydrogens is 210 g/mol. The Morgan fingerprint density at radius 3 is 2.40 bits per heavy atom. The SMILES string of the molecule is N[C@@]1(C(=O)O)O[C@H](C(O)CO)[C@H](O)[C@@H]1O. The summed E-state index contributed by atoms with van der Waals surface area (Å²) in [4.78, 5) is 10.7. The molecule has 1 aliphatic heterocycles. The summed E-state index contributed by atoms with van der Waals surface area (Å²) in [6, 6.07) is 0. The Hall–Kier alpha value is -0.770. The van der Waals surface area contributed by atoms with Crippen molar-refractivity contribution in [3.63, 3.8) is 0 Å². The maximum absolute atomic E-state index is 10.7. The third-order valence-corrected chi connectivity index (χ3v) is 2.33. The minimum Gasteiger partial charge on any atom is -0.478 e. The van der Waals surface area contributed by atoms with Crippen molar-refractivity contribution in [1.82, 2.24) is 0 Å². The highest BCUT2D eigenvalue weighted by Crippen LogP contribution is 2.29. The Morgan fingerprint density at radius 2 is 2.07 bits per heavy atom. The Morgan fingerprint density at radius 1 is 1.53 bits per heavy atom. The number of hydrogen-bond acceptors (Lipinski definition) is 7. The van der Waals surface area contributed by atoms with Gasteiger partial charge in [0.15, 0.2) is 0 Å². The fourth-order valence-electron chi connectivity index (χ4n) is 1.38. The van der Waals surface area contributed by atoms with E-state index in [2.05, 4.69) is 4.74 Å². The average Bonchev–Trinajstić information content (AvgIpc) is 2.43. The number of ether oxygens (including phenoxy) is 1. The summed E-state index contributed by atoms with van der Waals surface area (Å²) < 4.78 is 4.66. The fourth-order valence-corrected chi connectivity index (χ4v) is 1.38. The summed E-state index contributed by atoms with van der Waals surface area (Å²) in [5.41, 5.74) is 2.72. The Balaban J connectivity index is 2.89. The van der Waals surface area contributed by atoms with Crippen LogP contribution in [0.15, 0.2) is 0 Å². The molecule has 1 heterocycles. The zero-order valence-corrected chi connectivity index (χ0v) is 7.65. The van der Waals surface area contributed by atoms with Crippen molar-refractivity contribution in [2.45, 2.75) is 30.1 Å². The zero-order chi connectivity index (χ0) is 11.8. The largest absolute Gasteiger partial charge is 0.478 e. The zero-order valence-electron chi connectivity index (χ0n) is 7.65. The van der Waals surface area contributed by atoms with E-state index in [-0.39, 0.29) is 0 Å². The Kier molecular flexibility index (Phi) is 3.28. The highest BCUT2D eigenvalue weighted by molar-refractivity contribution is 5.78. The molecule has 0 spiro atoms. The maximum Gasteiger partial charge on any atom is 0.354 e. The summed E-state index contributed by atoms with van der Waals surface area (Å²) >= 11 is 0. The van der Waals surface area contributed by atoms with Crippen molar-refractivity contribution in [3.05, 3.63) is 0 Å². The van der Waals surface area contributed by atoms with Crippen LogP contribution >= 0.6 is 0 Å². The van der Waals surface area contributed by atoms with Crippen LogP contribution < -0.4 is 5.73 Å². The number of carbonyl (C=O) groups is 1. The van der Waals surface area contributed by atoms with E-state index in [1.165, 1.54) is 0 Å². The molecule has 0 aromatic carbocycles. The van der Waals surface area contributed by atoms with Crippen molar-refractivity contribution in [2.75, 3.05) is 6.61 Å². The Bertz CT molecular complexity index is 260. The molecule has 1 aliphatic rings. The van der Waals surface area contributed by atoms with Gasteiger partial charge in [-0.1, -0.05) is 0 Å². The van der Waals surface area contributed by atoms with Gasteiger partial charge in [0.1, 0.15) is 24.4 Å². The quantitative estimate of drug-likeness (QED) is 0.285. The van der Waals surface area contributed by atoms with E-state index in [9.17, 15) is 15.0 Å². The standard InChI is InChI=1S/C7H13NO7/c8-7(6(13)14)5(12)3(11)4(15-7)2(10)1-9/h2-5,9-12H,1,8H2,(H,13,14)/t2?,3-,4+,5-,7+/m0/s1. The molecule has 1 saturated heterocycles. The molecule has 1 rings (SSSR count). The number of carboxylic acids is 1. The first-order valence-corrected chi connectivity index (χ1v) is 4.19. The van der Waals surface area contributed by atoms with Crippen LogP contribution in [0.2, 0.25) is 0 Å². The van der Waals surface area contributed by atoms with Gasteiger partial charge < -0.3 is 30.3 Å². The minimum atomic E-state index is -2.47. The van der Waals surface area contributed by atoms with Crippen LogP contribution in [0.4, 0.5) is 0 Å². The molecule has 88 valence electrons. The second kappa shape index (κ2) is 4.00. The number of aliphatic hydroxyl groups excluding tert-OH is 4. The molecule has 0 bridgehead atoms. The van der Waals surface area contributed by atoms with Gasteiger partial charge in [-0.2, -0.15) is 0 Å². The van der Waals surface area contributed by atoms with E-state index < -0.39 is 42.7 Å². The molecule has 0 aromatic heterocycles. The van der Waals surface area contributed by atoms with Gasteiger partial charge in [-0.15, -0.1) is 0 Å². The van der Waals surface area contributed by atoms with Crippen LogP contribution in [0.1, 0.15) is 0 Å². The van der Waals surface area contributed by atoms with E-state index in [1.807, 2.05) is 0 Å². The molecule has 5 atom stereocenters. The predicted octanol–water partition coefficient (Wildman–Crippen LogP) is -3.80. The minimum absolute atomic E-state index is 0.746. The second-order valence-corrected chi connectivity index (χ2v) is 3.37. The van der Waals surface area contributed by atoms with Gasteiger partial charge >= 0.3 is 5.97 Å². The lowest BCUT2D eigenvalue weighted by atomic mass is 10.0. The molecule has 7 N–H and O–H groups in total. The van der Waals surface area contributed by atoms with E-state index in [4.69, 9.17) is 21.1 Å². The van der Waals surface area contributed by atoms with Crippen molar-refractivity contribution in [3.8, 4) is 0 Å². The lowest BCUT2D eigenvalue weighted by molar-refractivity contribution is -0.177. The first kappa shape index (κ1) is 12.3. The van der Waals surface area contributed by atoms with E-state index >= 15 is 0 Å². The summed E-state index contributed by atoms with van der Waals surface area (Å²) in [7, 11) is 0. The van der Waals surface area contributed by atoms with Crippen LogP contribution in [-0.4, -0.2) is 68.2 Å². The third kappa shape index (κ3) is 1.83. The number of hydrogen-bond donors (Lipinski definition) is 6. The number of rotatable bonds is 3. The second-order valence-electron chi connectivity index (χ2n) is 3.37. The molecule has 0 radical (unpaired) electrons. The van der Waals surface area contributed by atoms with Gasteiger partial charge in [0.05, 0.1) is 6.61 Å². The van der Waals surface area contributed by atoms with Gasteiger partial charge in [-0.25, -0.2) is 4.79 Å². The molecule has 8 heteroatoms. The fraction of sp³-hybridized carbons (Fsp3) is 0.857. The smallest absolute Gasteiger partial charge is 0.354 e. The van der Waals surface area contributed by atoms with Gasteiger partial charge in [-0.3, -0.25) is 5.73 Å². The summed E-state index contributed by atoms with van der Waals surface area (Å²) in [5.74, 6) is -1.67.